The summed E-state index contributed by atoms with van der Waals surface area (Å²) >= 11 is 0. The molecule has 0 saturated heterocycles. The second kappa shape index (κ2) is 7.92. The number of nitrogens with two attached hydrogens (primary N) is 1. The molecule has 0 unspecified atom stereocenters. The minimum atomic E-state index is -0.809. The zero-order valence-corrected chi connectivity index (χ0v) is 18.8. The Labute approximate surface area is 186 Å². The first-order chi connectivity index (χ1) is 15.2. The maximum absolute atomic E-state index is 12.5. The molecule has 1 amide bonds. The van der Waals surface area contributed by atoms with Crippen LogP contribution in [0.15, 0.2) is 49.2 Å². The first-order valence-corrected chi connectivity index (χ1v) is 10.2. The number of fused-ring (bicyclic) bond motifs is 1. The van der Waals surface area contributed by atoms with Crippen molar-refractivity contribution in [3.8, 4) is 11.3 Å². The number of nitrogens with zero attached hydrogens (tertiary/aromatic N) is 6. The Morgan fingerprint density at radius 1 is 1.19 bits per heavy atom. The van der Waals surface area contributed by atoms with Gasteiger partial charge in [0.1, 0.15) is 17.2 Å². The molecule has 0 fully saturated rings. The highest BCUT2D eigenvalue weighted by molar-refractivity contribution is 5.94. The van der Waals surface area contributed by atoms with Crippen LogP contribution in [0.1, 0.15) is 19.4 Å². The van der Waals surface area contributed by atoms with Crippen molar-refractivity contribution in [3.05, 3.63) is 54.7 Å². The smallest absolute Gasteiger partial charge is 0.249 e. The summed E-state index contributed by atoms with van der Waals surface area (Å²) in [4.78, 5) is 27.3. The molecule has 4 heterocycles. The lowest BCUT2D eigenvalue weighted by Crippen LogP contribution is -2.44. The number of aryl methyl sites for hydroxylation is 1. The van der Waals surface area contributed by atoms with Crippen molar-refractivity contribution >= 4 is 34.0 Å². The number of hydrogen-bond donors (Lipinski definition) is 2. The molecule has 32 heavy (non-hydrogen) atoms. The second-order valence-electron chi connectivity index (χ2n) is 8.43. The van der Waals surface area contributed by atoms with E-state index in [2.05, 4.69) is 25.4 Å². The molecule has 0 radical (unpaired) electrons. The number of pyridine rings is 3. The van der Waals surface area contributed by atoms with E-state index in [0.717, 1.165) is 33.3 Å². The highest BCUT2D eigenvalue weighted by atomic mass is 16.2. The van der Waals surface area contributed by atoms with Crippen LogP contribution in [0.2, 0.25) is 0 Å². The van der Waals surface area contributed by atoms with Crippen LogP contribution in [0.3, 0.4) is 0 Å². The van der Waals surface area contributed by atoms with E-state index < -0.39 is 5.54 Å². The van der Waals surface area contributed by atoms with Crippen LogP contribution in [-0.2, 0) is 10.3 Å². The van der Waals surface area contributed by atoms with Gasteiger partial charge in [-0.25, -0.2) is 9.97 Å². The number of aromatic nitrogens is 5. The first kappa shape index (κ1) is 21.2. The predicted octanol–water partition coefficient (Wildman–Crippen LogP) is 3.35. The summed E-state index contributed by atoms with van der Waals surface area (Å²) < 4.78 is 1.64. The van der Waals surface area contributed by atoms with E-state index >= 15 is 0 Å². The van der Waals surface area contributed by atoms with Crippen molar-refractivity contribution in [1.29, 1.82) is 0 Å². The van der Waals surface area contributed by atoms with Gasteiger partial charge in [0.25, 0.3) is 0 Å². The fraction of sp³-hybridized carbons (Fsp3) is 0.261. The molecule has 4 aromatic rings. The summed E-state index contributed by atoms with van der Waals surface area (Å²) in [5, 5.41) is 9.30. The number of carbonyl (C=O) groups excluding carboxylic acids is 1. The molecule has 9 nitrogen and oxygen atoms in total. The second-order valence-corrected chi connectivity index (χ2v) is 8.43. The van der Waals surface area contributed by atoms with Gasteiger partial charge in [-0.2, -0.15) is 5.10 Å². The molecule has 3 N–H and O–H groups in total. The lowest BCUT2D eigenvalue weighted by atomic mass is 10.0. The zero-order chi connectivity index (χ0) is 23.0. The minimum Gasteiger partial charge on any atom is -0.383 e. The lowest BCUT2D eigenvalue weighted by molar-refractivity contribution is -0.137. The molecule has 0 aliphatic carbocycles. The fourth-order valence-corrected chi connectivity index (χ4v) is 3.60. The van der Waals surface area contributed by atoms with Crippen LogP contribution >= 0.6 is 0 Å². The number of nitrogens with one attached hydrogen (secondary N) is 1. The van der Waals surface area contributed by atoms with Crippen molar-refractivity contribution in [3.63, 3.8) is 0 Å². The summed E-state index contributed by atoms with van der Waals surface area (Å²) in [6.07, 6.45) is 8.70. The highest BCUT2D eigenvalue weighted by Crippen LogP contribution is 2.29. The molecule has 0 bridgehead atoms. The largest absolute Gasteiger partial charge is 0.383 e. The van der Waals surface area contributed by atoms with Crippen LogP contribution in [0.5, 0.6) is 0 Å². The average Bonchev–Trinajstić information content (AvgIpc) is 3.22. The third-order valence-electron chi connectivity index (χ3n) is 5.42. The zero-order valence-electron chi connectivity index (χ0n) is 18.8. The monoisotopic (exact) mass is 430 g/mol. The van der Waals surface area contributed by atoms with Gasteiger partial charge in [-0.05, 0) is 49.9 Å². The van der Waals surface area contributed by atoms with Gasteiger partial charge in [-0.1, -0.05) is 0 Å². The van der Waals surface area contributed by atoms with E-state index in [9.17, 15) is 4.79 Å². The maximum atomic E-state index is 12.5. The Kier molecular flexibility index (Phi) is 5.25. The Morgan fingerprint density at radius 3 is 2.69 bits per heavy atom. The van der Waals surface area contributed by atoms with Gasteiger partial charge in [0.2, 0.25) is 5.91 Å². The number of rotatable bonds is 5. The quantitative estimate of drug-likeness (QED) is 0.499. The first-order valence-electron chi connectivity index (χ1n) is 10.2. The van der Waals surface area contributed by atoms with Gasteiger partial charge in [0.05, 0.1) is 17.6 Å². The van der Waals surface area contributed by atoms with Gasteiger partial charge in [-0.3, -0.25) is 14.5 Å². The van der Waals surface area contributed by atoms with Crippen molar-refractivity contribution in [2.24, 2.45) is 0 Å². The van der Waals surface area contributed by atoms with Crippen molar-refractivity contribution in [2.45, 2.75) is 26.3 Å². The van der Waals surface area contributed by atoms with Gasteiger partial charge in [0.15, 0.2) is 0 Å². The fourth-order valence-electron chi connectivity index (χ4n) is 3.60. The highest BCUT2D eigenvalue weighted by Gasteiger charge is 2.32. The standard InChI is InChI=1S/C23H26N8O/c1-14-6-7-25-11-17(14)19-8-15-9-20(26-12-18(15)21(24)29-19)28-16-10-27-31(13-16)23(2,3)22(32)30(4)5/h6-13H,1-5H3,(H2,24,29)(H,26,28). The SMILES string of the molecule is Cc1ccncc1-c1cc2cc(Nc3cnn(C(C)(C)C(=O)N(C)C)c3)ncc2c(N)n1. The summed E-state index contributed by atoms with van der Waals surface area (Å²) in [6, 6.07) is 5.83. The van der Waals surface area contributed by atoms with Crippen LogP contribution in [0, 0.1) is 6.92 Å². The Hall–Kier alpha value is -4.01. The van der Waals surface area contributed by atoms with E-state index in [1.807, 2.05) is 39.0 Å². The van der Waals surface area contributed by atoms with Gasteiger partial charge < -0.3 is 16.0 Å². The molecule has 0 aliphatic rings. The van der Waals surface area contributed by atoms with Crippen LogP contribution < -0.4 is 11.1 Å². The predicted molar refractivity (Wildman–Crippen MR) is 125 cm³/mol. The van der Waals surface area contributed by atoms with Crippen molar-refractivity contribution in [1.82, 2.24) is 29.6 Å². The Bertz CT molecular complexity index is 1310. The number of anilines is 3. The number of nitrogen functional groups attached to an aromatic ring is 1. The molecule has 4 rings (SSSR count). The normalized spacial score (nSPS) is 11.5. The van der Waals surface area contributed by atoms with E-state index in [0.29, 0.717) is 11.6 Å². The molecule has 0 atom stereocenters. The van der Waals surface area contributed by atoms with E-state index in [1.54, 1.807) is 54.7 Å². The molecule has 0 saturated carbocycles. The third-order valence-corrected chi connectivity index (χ3v) is 5.42. The van der Waals surface area contributed by atoms with Crippen LogP contribution in [-0.4, -0.2) is 49.6 Å². The topological polar surface area (TPSA) is 115 Å². The summed E-state index contributed by atoms with van der Waals surface area (Å²) in [7, 11) is 3.46. The van der Waals surface area contributed by atoms with E-state index in [-0.39, 0.29) is 5.91 Å². The molecule has 0 aromatic carbocycles. The number of carbonyl (C=O) groups is 1. The molecular formula is C23H26N8O. The molecule has 4 aromatic heterocycles. The molecule has 9 heteroatoms. The Balaban J connectivity index is 1.66. The number of likely N-dealkylation sites (N-methyl/N-ethyl adjacent to an activating group) is 1. The summed E-state index contributed by atoms with van der Waals surface area (Å²) in [5.41, 5.74) is 8.89. The molecular weight excluding hydrogens is 404 g/mol. The van der Waals surface area contributed by atoms with Crippen molar-refractivity contribution < 1.29 is 4.79 Å². The molecule has 0 aliphatic heterocycles. The van der Waals surface area contributed by atoms with Gasteiger partial charge >= 0.3 is 0 Å². The Morgan fingerprint density at radius 2 is 1.97 bits per heavy atom. The minimum absolute atomic E-state index is 0.0443. The lowest BCUT2D eigenvalue weighted by Gasteiger charge is -2.27. The number of amides is 1. The maximum Gasteiger partial charge on any atom is 0.249 e. The number of hydrogen-bond acceptors (Lipinski definition) is 7. The average molecular weight is 431 g/mol. The van der Waals surface area contributed by atoms with Crippen LogP contribution in [0.25, 0.3) is 22.0 Å². The van der Waals surface area contributed by atoms with E-state index in [4.69, 9.17) is 5.73 Å². The third kappa shape index (κ3) is 3.84. The van der Waals surface area contributed by atoms with Gasteiger partial charge in [-0.15, -0.1) is 0 Å². The molecule has 0 spiro atoms. The van der Waals surface area contributed by atoms with Crippen molar-refractivity contribution in [2.75, 3.05) is 25.1 Å². The summed E-state index contributed by atoms with van der Waals surface area (Å²) in [5.74, 6) is 1.00. The molecule has 164 valence electrons. The van der Waals surface area contributed by atoms with E-state index in [1.165, 1.54) is 0 Å². The van der Waals surface area contributed by atoms with Crippen LogP contribution in [0.4, 0.5) is 17.3 Å². The summed E-state index contributed by atoms with van der Waals surface area (Å²) in [6.45, 7) is 5.68. The van der Waals surface area contributed by atoms with Gasteiger partial charge in [0, 0.05) is 49.8 Å².